The normalized spacial score (nSPS) is 11.9. The Bertz CT molecular complexity index is 435. The van der Waals surface area contributed by atoms with Crippen molar-refractivity contribution in [3.05, 3.63) is 27.7 Å². The maximum Gasteiger partial charge on any atom is 0.141 e. The van der Waals surface area contributed by atoms with Crippen molar-refractivity contribution >= 4 is 23.2 Å². The lowest BCUT2D eigenvalue weighted by Gasteiger charge is -2.19. The van der Waals surface area contributed by atoms with Gasteiger partial charge in [-0.15, -0.1) is 12.3 Å². The molecule has 0 amide bonds. The van der Waals surface area contributed by atoms with Gasteiger partial charge in [0.2, 0.25) is 0 Å². The van der Waals surface area contributed by atoms with Crippen molar-refractivity contribution < 1.29 is 4.74 Å². The quantitative estimate of drug-likeness (QED) is 0.644. The molecule has 0 aromatic heterocycles. The lowest BCUT2D eigenvalue weighted by Crippen LogP contribution is -2.04. The third kappa shape index (κ3) is 3.83. The van der Waals surface area contributed by atoms with Crippen LogP contribution in [-0.2, 0) is 0 Å². The van der Waals surface area contributed by atoms with Gasteiger partial charge in [-0.05, 0) is 30.9 Å². The van der Waals surface area contributed by atoms with E-state index >= 15 is 0 Å². The van der Waals surface area contributed by atoms with E-state index in [-0.39, 0.29) is 5.92 Å². The Morgan fingerprint density at radius 2 is 2.06 bits per heavy atom. The molecule has 1 atom stereocenters. The summed E-state index contributed by atoms with van der Waals surface area (Å²) in [5.74, 6) is 3.66. The van der Waals surface area contributed by atoms with E-state index in [9.17, 15) is 0 Å². The largest absolute Gasteiger partial charge is 0.492 e. The molecule has 18 heavy (non-hydrogen) atoms. The monoisotopic (exact) mass is 284 g/mol. The first kappa shape index (κ1) is 15.2. The molecule has 1 nitrogen and oxygen atoms in total. The van der Waals surface area contributed by atoms with Crippen LogP contribution in [0.1, 0.15) is 44.6 Å². The first-order valence-corrected chi connectivity index (χ1v) is 6.94. The molecule has 3 heteroatoms. The Labute approximate surface area is 119 Å². The Morgan fingerprint density at radius 1 is 1.33 bits per heavy atom. The number of hydrogen-bond acceptors (Lipinski definition) is 1. The van der Waals surface area contributed by atoms with Crippen molar-refractivity contribution in [2.45, 2.75) is 39.0 Å². The highest BCUT2D eigenvalue weighted by Crippen LogP contribution is 2.39. The molecule has 0 fully saturated rings. The first-order valence-electron chi connectivity index (χ1n) is 6.19. The Hall–Kier alpha value is -0.840. The number of rotatable bonds is 6. The number of terminal acetylenes is 1. The fraction of sp³-hybridized carbons (Fsp3) is 0.467. The zero-order valence-electron chi connectivity index (χ0n) is 10.8. The van der Waals surface area contributed by atoms with Gasteiger partial charge in [-0.1, -0.05) is 37.0 Å². The van der Waals surface area contributed by atoms with Gasteiger partial charge in [-0.2, -0.15) is 0 Å². The van der Waals surface area contributed by atoms with Gasteiger partial charge >= 0.3 is 0 Å². The summed E-state index contributed by atoms with van der Waals surface area (Å²) in [5, 5.41) is 1.18. The van der Waals surface area contributed by atoms with Gasteiger partial charge in [-0.25, -0.2) is 0 Å². The predicted octanol–water partition coefficient (Wildman–Crippen LogP) is 5.30. The van der Waals surface area contributed by atoms with E-state index in [0.717, 1.165) is 24.2 Å². The van der Waals surface area contributed by atoms with Crippen molar-refractivity contribution in [1.29, 1.82) is 0 Å². The molecule has 0 aliphatic rings. The Kier molecular flexibility index (Phi) is 6.39. The zero-order valence-corrected chi connectivity index (χ0v) is 12.3. The highest BCUT2D eigenvalue weighted by molar-refractivity contribution is 6.35. The summed E-state index contributed by atoms with van der Waals surface area (Å²) in [7, 11) is 0. The van der Waals surface area contributed by atoms with Crippen molar-refractivity contribution in [2.24, 2.45) is 0 Å². The SMILES string of the molecule is C#CCC(CC)c1cc(Cl)cc(Cl)c1OCCC. The van der Waals surface area contributed by atoms with Gasteiger partial charge in [-0.3, -0.25) is 0 Å². The van der Waals surface area contributed by atoms with Crippen molar-refractivity contribution in [3.8, 4) is 18.1 Å². The molecule has 0 radical (unpaired) electrons. The van der Waals surface area contributed by atoms with Gasteiger partial charge in [0.15, 0.2) is 0 Å². The molecule has 0 spiro atoms. The lowest BCUT2D eigenvalue weighted by atomic mass is 9.92. The smallest absolute Gasteiger partial charge is 0.141 e. The van der Waals surface area contributed by atoms with Crippen LogP contribution < -0.4 is 4.74 Å². The van der Waals surface area contributed by atoms with Crippen LogP contribution in [0.2, 0.25) is 10.0 Å². The predicted molar refractivity (Wildman–Crippen MR) is 78.7 cm³/mol. The zero-order chi connectivity index (χ0) is 13.5. The summed E-state index contributed by atoms with van der Waals surface area (Å²) < 4.78 is 5.74. The second-order valence-electron chi connectivity index (χ2n) is 4.17. The van der Waals surface area contributed by atoms with Crippen LogP contribution in [0.4, 0.5) is 0 Å². The molecular weight excluding hydrogens is 267 g/mol. The molecule has 1 rings (SSSR count). The van der Waals surface area contributed by atoms with E-state index in [4.69, 9.17) is 34.4 Å². The fourth-order valence-electron chi connectivity index (χ4n) is 1.86. The second-order valence-corrected chi connectivity index (χ2v) is 5.01. The molecule has 0 N–H and O–H groups in total. The second kappa shape index (κ2) is 7.56. The minimum Gasteiger partial charge on any atom is -0.492 e. The summed E-state index contributed by atoms with van der Waals surface area (Å²) in [6, 6.07) is 3.62. The highest BCUT2D eigenvalue weighted by atomic mass is 35.5. The van der Waals surface area contributed by atoms with Gasteiger partial charge in [0.25, 0.3) is 0 Å². The Balaban J connectivity index is 3.17. The molecule has 0 saturated carbocycles. The van der Waals surface area contributed by atoms with Crippen LogP contribution in [-0.4, -0.2) is 6.61 Å². The van der Waals surface area contributed by atoms with E-state index in [1.807, 2.05) is 6.07 Å². The number of halogens is 2. The third-order valence-corrected chi connectivity index (χ3v) is 3.28. The third-order valence-electron chi connectivity index (χ3n) is 2.78. The maximum atomic E-state index is 6.21. The highest BCUT2D eigenvalue weighted by Gasteiger charge is 2.17. The number of ether oxygens (including phenoxy) is 1. The summed E-state index contributed by atoms with van der Waals surface area (Å²) in [6.45, 7) is 4.80. The van der Waals surface area contributed by atoms with E-state index < -0.39 is 0 Å². The van der Waals surface area contributed by atoms with E-state index in [1.165, 1.54) is 0 Å². The van der Waals surface area contributed by atoms with Crippen LogP contribution >= 0.6 is 23.2 Å². The molecule has 0 saturated heterocycles. The van der Waals surface area contributed by atoms with Gasteiger partial charge in [0.1, 0.15) is 5.75 Å². The van der Waals surface area contributed by atoms with Crippen LogP contribution in [0.3, 0.4) is 0 Å². The summed E-state index contributed by atoms with van der Waals surface area (Å²) in [5.41, 5.74) is 1.02. The van der Waals surface area contributed by atoms with Gasteiger partial charge in [0.05, 0.1) is 11.6 Å². The average Bonchev–Trinajstić information content (AvgIpc) is 2.34. The lowest BCUT2D eigenvalue weighted by molar-refractivity contribution is 0.312. The number of hydrogen-bond donors (Lipinski definition) is 0. The van der Waals surface area contributed by atoms with Gasteiger partial charge in [0, 0.05) is 17.0 Å². The van der Waals surface area contributed by atoms with Crippen LogP contribution in [0, 0.1) is 12.3 Å². The maximum absolute atomic E-state index is 6.21. The molecule has 1 unspecified atom stereocenters. The van der Waals surface area contributed by atoms with Crippen molar-refractivity contribution in [3.63, 3.8) is 0 Å². The van der Waals surface area contributed by atoms with E-state index in [1.54, 1.807) is 6.07 Å². The Morgan fingerprint density at radius 3 is 2.61 bits per heavy atom. The topological polar surface area (TPSA) is 9.23 Å². The molecule has 1 aromatic rings. The molecule has 0 heterocycles. The van der Waals surface area contributed by atoms with Crippen molar-refractivity contribution in [1.82, 2.24) is 0 Å². The summed E-state index contributed by atoms with van der Waals surface area (Å²) in [4.78, 5) is 0. The van der Waals surface area contributed by atoms with Crippen LogP contribution in [0.5, 0.6) is 5.75 Å². The number of benzene rings is 1. The van der Waals surface area contributed by atoms with Crippen LogP contribution in [0.15, 0.2) is 12.1 Å². The minimum atomic E-state index is 0.234. The van der Waals surface area contributed by atoms with Crippen molar-refractivity contribution in [2.75, 3.05) is 6.61 Å². The molecule has 0 aliphatic heterocycles. The summed E-state index contributed by atoms with van der Waals surface area (Å²) >= 11 is 12.3. The minimum absolute atomic E-state index is 0.234. The van der Waals surface area contributed by atoms with E-state index in [0.29, 0.717) is 23.1 Å². The van der Waals surface area contributed by atoms with Gasteiger partial charge < -0.3 is 4.74 Å². The molecule has 0 aliphatic carbocycles. The van der Waals surface area contributed by atoms with E-state index in [2.05, 4.69) is 19.8 Å². The molecular formula is C15H18Cl2O. The average molecular weight is 285 g/mol. The molecule has 0 bridgehead atoms. The molecule has 1 aromatic carbocycles. The van der Waals surface area contributed by atoms with Crippen LogP contribution in [0.25, 0.3) is 0 Å². The summed E-state index contributed by atoms with van der Waals surface area (Å²) in [6.07, 6.45) is 7.94. The first-order chi connectivity index (χ1) is 8.63. The standard InChI is InChI=1S/C15H18Cl2O/c1-4-7-11(6-3)13-9-12(16)10-14(17)15(13)18-8-5-2/h1,9-11H,5-8H2,2-3H3. The fourth-order valence-corrected chi connectivity index (χ4v) is 2.42. The molecule has 98 valence electrons.